The minimum absolute atomic E-state index is 0.167. The average molecular weight is 363 g/mol. The van der Waals surface area contributed by atoms with Gasteiger partial charge in [-0.15, -0.1) is 10.2 Å². The summed E-state index contributed by atoms with van der Waals surface area (Å²) in [5.41, 5.74) is 2.87. The second-order valence-corrected chi connectivity index (χ2v) is 6.30. The summed E-state index contributed by atoms with van der Waals surface area (Å²) in [6, 6.07) is 10.9. The Morgan fingerprint density at radius 2 is 1.96 bits per heavy atom. The van der Waals surface area contributed by atoms with Gasteiger partial charge >= 0.3 is 0 Å². The standard InChI is InChI=1S/C19H17N5O3/c1-11-7-13(8-12(2)18(11)25)9-16-19(26)24(10-17-20-22-23-21-17)14-5-3-4-6-15(14)27-16/h3-9,25H,10H2,1-2H3,(H,20,21,22,23). The minimum atomic E-state index is -0.304. The van der Waals surface area contributed by atoms with Crippen LogP contribution >= 0.6 is 0 Å². The molecule has 1 aliphatic rings. The number of nitrogens with one attached hydrogen (secondary N) is 1. The number of anilines is 1. The van der Waals surface area contributed by atoms with Crippen molar-refractivity contribution in [2.45, 2.75) is 20.4 Å². The molecule has 0 spiro atoms. The maximum absolute atomic E-state index is 13.1. The first-order valence-electron chi connectivity index (χ1n) is 8.36. The van der Waals surface area contributed by atoms with Gasteiger partial charge in [0.1, 0.15) is 5.75 Å². The van der Waals surface area contributed by atoms with Crippen LogP contribution in [0.3, 0.4) is 0 Å². The zero-order chi connectivity index (χ0) is 19.0. The van der Waals surface area contributed by atoms with Gasteiger partial charge in [0.05, 0.1) is 12.2 Å². The lowest BCUT2D eigenvalue weighted by molar-refractivity contribution is -0.117. The van der Waals surface area contributed by atoms with Crippen LogP contribution < -0.4 is 9.64 Å². The molecular weight excluding hydrogens is 346 g/mol. The summed E-state index contributed by atoms with van der Waals surface area (Å²) in [5, 5.41) is 23.7. The third-order valence-electron chi connectivity index (χ3n) is 4.33. The van der Waals surface area contributed by atoms with Crippen LogP contribution in [-0.4, -0.2) is 31.6 Å². The molecule has 0 bridgehead atoms. The van der Waals surface area contributed by atoms with E-state index in [0.717, 1.165) is 16.7 Å². The Hall–Kier alpha value is -3.68. The van der Waals surface area contributed by atoms with E-state index in [4.69, 9.17) is 4.74 Å². The van der Waals surface area contributed by atoms with Gasteiger partial charge < -0.3 is 9.84 Å². The normalized spacial score (nSPS) is 15.0. The predicted molar refractivity (Wildman–Crippen MR) is 98.0 cm³/mol. The largest absolute Gasteiger partial charge is 0.507 e. The molecule has 0 fully saturated rings. The molecule has 2 aromatic carbocycles. The number of carbonyl (C=O) groups excluding carboxylic acids is 1. The molecule has 0 aliphatic carbocycles. The molecule has 3 aromatic rings. The van der Waals surface area contributed by atoms with Crippen molar-refractivity contribution in [1.29, 1.82) is 0 Å². The first-order valence-corrected chi connectivity index (χ1v) is 8.36. The third kappa shape index (κ3) is 3.12. The fourth-order valence-electron chi connectivity index (χ4n) is 3.03. The van der Waals surface area contributed by atoms with Crippen LogP contribution in [-0.2, 0) is 11.3 Å². The molecule has 1 amide bonds. The molecular formula is C19H17N5O3. The smallest absolute Gasteiger partial charge is 0.294 e. The Bertz CT molecular complexity index is 1020. The minimum Gasteiger partial charge on any atom is -0.507 e. The monoisotopic (exact) mass is 363 g/mol. The molecule has 8 nitrogen and oxygen atoms in total. The fraction of sp³-hybridized carbons (Fsp3) is 0.158. The van der Waals surface area contributed by atoms with E-state index in [1.807, 2.05) is 26.0 Å². The summed E-state index contributed by atoms with van der Waals surface area (Å²) in [6.07, 6.45) is 1.67. The number of phenols is 1. The lowest BCUT2D eigenvalue weighted by Gasteiger charge is -2.29. The van der Waals surface area contributed by atoms with E-state index in [1.165, 1.54) is 0 Å². The van der Waals surface area contributed by atoms with Crippen molar-refractivity contribution < 1.29 is 14.6 Å². The van der Waals surface area contributed by atoms with Crippen molar-refractivity contribution in [3.8, 4) is 11.5 Å². The summed E-state index contributed by atoms with van der Waals surface area (Å²) in [7, 11) is 0. The summed E-state index contributed by atoms with van der Waals surface area (Å²) in [6.45, 7) is 3.79. The van der Waals surface area contributed by atoms with Gasteiger partial charge in [-0.05, 0) is 60.9 Å². The van der Waals surface area contributed by atoms with Crippen molar-refractivity contribution in [2.75, 3.05) is 4.90 Å². The number of aromatic amines is 1. The van der Waals surface area contributed by atoms with Crippen molar-refractivity contribution in [2.24, 2.45) is 0 Å². The summed E-state index contributed by atoms with van der Waals surface area (Å²) in [4.78, 5) is 14.6. The van der Waals surface area contributed by atoms with Gasteiger partial charge in [0.15, 0.2) is 17.3 Å². The number of fused-ring (bicyclic) bond motifs is 1. The molecule has 136 valence electrons. The lowest BCUT2D eigenvalue weighted by Crippen LogP contribution is -2.37. The Labute approximate surface area is 155 Å². The van der Waals surface area contributed by atoms with Crippen LogP contribution in [0.2, 0.25) is 0 Å². The first kappa shape index (κ1) is 16.8. The quantitative estimate of drug-likeness (QED) is 0.693. The van der Waals surface area contributed by atoms with Crippen LogP contribution in [0.4, 0.5) is 5.69 Å². The second kappa shape index (κ2) is 6.56. The number of aromatic nitrogens is 4. The molecule has 8 heteroatoms. The predicted octanol–water partition coefficient (Wildman–Crippen LogP) is 2.49. The average Bonchev–Trinajstić information content (AvgIpc) is 3.16. The number of phenolic OH excluding ortho intramolecular Hbond substituents is 1. The van der Waals surface area contributed by atoms with Gasteiger partial charge in [0, 0.05) is 0 Å². The molecule has 1 aliphatic heterocycles. The zero-order valence-corrected chi connectivity index (χ0v) is 14.8. The number of nitrogens with zero attached hydrogens (tertiary/aromatic N) is 4. The number of aromatic hydroxyl groups is 1. The van der Waals surface area contributed by atoms with Gasteiger partial charge in [-0.3, -0.25) is 9.69 Å². The first-order chi connectivity index (χ1) is 13.0. The molecule has 27 heavy (non-hydrogen) atoms. The topological polar surface area (TPSA) is 104 Å². The number of aryl methyl sites for hydroxylation is 2. The van der Waals surface area contributed by atoms with Gasteiger partial charge in [-0.1, -0.05) is 17.3 Å². The Kier molecular flexibility index (Phi) is 4.08. The number of rotatable bonds is 3. The number of H-pyrrole nitrogens is 1. The molecule has 4 rings (SSSR count). The van der Waals surface area contributed by atoms with Crippen LogP contribution in [0.15, 0.2) is 42.2 Å². The summed E-state index contributed by atoms with van der Waals surface area (Å²) < 4.78 is 5.85. The molecule has 1 aromatic heterocycles. The zero-order valence-electron chi connectivity index (χ0n) is 14.8. The van der Waals surface area contributed by atoms with Crippen LogP contribution in [0.25, 0.3) is 6.08 Å². The summed E-state index contributed by atoms with van der Waals surface area (Å²) >= 11 is 0. The Morgan fingerprint density at radius 3 is 2.67 bits per heavy atom. The lowest BCUT2D eigenvalue weighted by atomic mass is 10.0. The highest BCUT2D eigenvalue weighted by Crippen LogP contribution is 2.36. The fourth-order valence-corrected chi connectivity index (χ4v) is 3.03. The van der Waals surface area contributed by atoms with Gasteiger partial charge in [0.25, 0.3) is 5.91 Å². The number of hydrogen-bond donors (Lipinski definition) is 2. The Morgan fingerprint density at radius 1 is 1.22 bits per heavy atom. The van der Waals surface area contributed by atoms with E-state index >= 15 is 0 Å². The van der Waals surface area contributed by atoms with Crippen LogP contribution in [0, 0.1) is 13.8 Å². The molecule has 0 radical (unpaired) electrons. The second-order valence-electron chi connectivity index (χ2n) is 6.30. The van der Waals surface area contributed by atoms with Gasteiger partial charge in [0.2, 0.25) is 0 Å². The van der Waals surface area contributed by atoms with E-state index in [1.54, 1.807) is 35.2 Å². The number of para-hydroxylation sites is 2. The van der Waals surface area contributed by atoms with Crippen molar-refractivity contribution >= 4 is 17.7 Å². The van der Waals surface area contributed by atoms with Gasteiger partial charge in [-0.25, -0.2) is 0 Å². The molecule has 0 atom stereocenters. The number of hydrogen-bond acceptors (Lipinski definition) is 6. The van der Waals surface area contributed by atoms with Crippen LogP contribution in [0.1, 0.15) is 22.5 Å². The molecule has 2 heterocycles. The van der Waals surface area contributed by atoms with E-state index in [2.05, 4.69) is 20.6 Å². The van der Waals surface area contributed by atoms with E-state index < -0.39 is 0 Å². The third-order valence-corrected chi connectivity index (χ3v) is 4.33. The van der Waals surface area contributed by atoms with Crippen molar-refractivity contribution in [3.63, 3.8) is 0 Å². The highest BCUT2D eigenvalue weighted by molar-refractivity contribution is 6.09. The van der Waals surface area contributed by atoms with E-state index in [0.29, 0.717) is 17.3 Å². The molecule has 0 saturated heterocycles. The summed E-state index contributed by atoms with van der Waals surface area (Å²) in [5.74, 6) is 1.09. The number of carbonyl (C=O) groups is 1. The van der Waals surface area contributed by atoms with Crippen molar-refractivity contribution in [1.82, 2.24) is 20.6 Å². The van der Waals surface area contributed by atoms with Crippen LogP contribution in [0.5, 0.6) is 11.5 Å². The maximum atomic E-state index is 13.1. The maximum Gasteiger partial charge on any atom is 0.294 e. The van der Waals surface area contributed by atoms with Crippen molar-refractivity contribution in [3.05, 3.63) is 64.7 Å². The molecule has 0 unspecified atom stereocenters. The highest BCUT2D eigenvalue weighted by Gasteiger charge is 2.31. The van der Waals surface area contributed by atoms with Gasteiger partial charge in [-0.2, -0.15) is 5.21 Å². The number of amides is 1. The Balaban J connectivity index is 1.76. The highest BCUT2D eigenvalue weighted by atomic mass is 16.5. The number of tetrazole rings is 1. The number of benzene rings is 2. The SMILES string of the molecule is Cc1cc(C=C2Oc3ccccc3N(Cc3nn[nH]n3)C2=O)cc(C)c1O. The number of ether oxygens (including phenoxy) is 1. The van der Waals surface area contributed by atoms with E-state index in [-0.39, 0.29) is 24.0 Å². The van der Waals surface area contributed by atoms with E-state index in [9.17, 15) is 9.90 Å². The molecule has 2 N–H and O–H groups in total. The molecule has 0 saturated carbocycles.